The first-order chi connectivity index (χ1) is 7.65. The first kappa shape index (κ1) is 12.9. The molecule has 0 saturated heterocycles. The molecule has 16 heavy (non-hydrogen) atoms. The number of carbonyl (C=O) groups is 1. The number of rotatable bonds is 7. The lowest BCUT2D eigenvalue weighted by Crippen LogP contribution is -2.23. The summed E-state index contributed by atoms with van der Waals surface area (Å²) >= 11 is 1.42. The van der Waals surface area contributed by atoms with E-state index in [0.717, 1.165) is 11.6 Å². The molecule has 0 radical (unpaired) electrons. The second kappa shape index (κ2) is 6.44. The zero-order valence-corrected chi connectivity index (χ0v) is 10.2. The van der Waals surface area contributed by atoms with Crippen molar-refractivity contribution in [2.75, 3.05) is 19.0 Å². The van der Waals surface area contributed by atoms with Gasteiger partial charge in [0.05, 0.1) is 24.8 Å². The Morgan fingerprint density at radius 2 is 2.50 bits per heavy atom. The van der Waals surface area contributed by atoms with Crippen LogP contribution in [0.15, 0.2) is 5.38 Å². The highest BCUT2D eigenvalue weighted by atomic mass is 32.1. The Morgan fingerprint density at radius 3 is 3.06 bits per heavy atom. The van der Waals surface area contributed by atoms with E-state index in [9.17, 15) is 4.79 Å². The monoisotopic (exact) mass is 244 g/mol. The minimum atomic E-state index is -0.860. The molecule has 1 aromatic rings. The summed E-state index contributed by atoms with van der Waals surface area (Å²) in [5.41, 5.74) is 0.590. The predicted molar refractivity (Wildman–Crippen MR) is 63.0 cm³/mol. The van der Waals surface area contributed by atoms with Crippen LogP contribution in [0, 0.1) is 0 Å². The number of ether oxygens (including phenoxy) is 1. The van der Waals surface area contributed by atoms with E-state index in [4.69, 9.17) is 9.84 Å². The minimum Gasteiger partial charge on any atom is -0.481 e. The molecule has 1 heterocycles. The molecule has 0 aliphatic heterocycles. The van der Waals surface area contributed by atoms with Gasteiger partial charge in [-0.1, -0.05) is 6.92 Å². The number of aliphatic carboxylic acids is 1. The van der Waals surface area contributed by atoms with Gasteiger partial charge in [0.1, 0.15) is 0 Å². The number of carboxylic acid groups (broad SMARTS) is 1. The third kappa shape index (κ3) is 4.16. The Kier molecular flexibility index (Phi) is 5.21. The number of anilines is 1. The maximum atomic E-state index is 10.5. The lowest BCUT2D eigenvalue weighted by atomic mass is 10.2. The van der Waals surface area contributed by atoms with Crippen molar-refractivity contribution in [2.45, 2.75) is 25.8 Å². The van der Waals surface area contributed by atoms with Crippen LogP contribution < -0.4 is 5.32 Å². The van der Waals surface area contributed by atoms with E-state index in [2.05, 4.69) is 17.2 Å². The van der Waals surface area contributed by atoms with Crippen molar-refractivity contribution in [3.8, 4) is 0 Å². The fraction of sp³-hybridized carbons (Fsp3) is 0.600. The summed E-state index contributed by atoms with van der Waals surface area (Å²) in [6.45, 7) is 2.67. The molecular formula is C10H16N2O3S. The summed E-state index contributed by atoms with van der Waals surface area (Å²) in [5, 5.41) is 14.3. The maximum absolute atomic E-state index is 10.5. The number of thiazole rings is 1. The van der Waals surface area contributed by atoms with E-state index < -0.39 is 5.97 Å². The summed E-state index contributed by atoms with van der Waals surface area (Å²) in [5.74, 6) is -0.860. The van der Waals surface area contributed by atoms with Crippen molar-refractivity contribution in [1.29, 1.82) is 0 Å². The van der Waals surface area contributed by atoms with E-state index in [0.29, 0.717) is 12.3 Å². The smallest absolute Gasteiger partial charge is 0.309 e. The molecule has 0 bridgehead atoms. The summed E-state index contributed by atoms with van der Waals surface area (Å²) in [4.78, 5) is 14.7. The average molecular weight is 244 g/mol. The van der Waals surface area contributed by atoms with Crippen LogP contribution >= 0.6 is 11.3 Å². The van der Waals surface area contributed by atoms with Crippen molar-refractivity contribution in [2.24, 2.45) is 0 Å². The van der Waals surface area contributed by atoms with Crippen LogP contribution in [0.25, 0.3) is 0 Å². The fourth-order valence-electron chi connectivity index (χ4n) is 1.25. The Morgan fingerprint density at radius 1 is 1.75 bits per heavy atom. The van der Waals surface area contributed by atoms with Gasteiger partial charge in [-0.05, 0) is 6.42 Å². The second-order valence-corrected chi connectivity index (χ2v) is 4.28. The second-order valence-electron chi connectivity index (χ2n) is 3.42. The highest BCUT2D eigenvalue weighted by Crippen LogP contribution is 2.17. The van der Waals surface area contributed by atoms with E-state index in [-0.39, 0.29) is 12.5 Å². The van der Waals surface area contributed by atoms with Gasteiger partial charge in [0.2, 0.25) is 0 Å². The number of nitrogens with zero attached hydrogens (tertiary/aromatic N) is 1. The lowest BCUT2D eigenvalue weighted by molar-refractivity contribution is -0.136. The molecule has 90 valence electrons. The molecular weight excluding hydrogens is 228 g/mol. The summed E-state index contributed by atoms with van der Waals surface area (Å²) in [7, 11) is 1.65. The van der Waals surface area contributed by atoms with Gasteiger partial charge in [-0.25, -0.2) is 4.98 Å². The Labute approximate surface area is 98.5 Å². The highest BCUT2D eigenvalue weighted by molar-refractivity contribution is 7.13. The molecule has 0 aromatic carbocycles. The maximum Gasteiger partial charge on any atom is 0.309 e. The third-order valence-corrected chi connectivity index (χ3v) is 2.89. The van der Waals surface area contributed by atoms with Crippen molar-refractivity contribution >= 4 is 22.4 Å². The normalized spacial score (nSPS) is 12.4. The standard InChI is InChI=1S/C10H16N2O3S/c1-3-7(5-15-2)11-10-12-8(6-16-10)4-9(13)14/h6-7H,3-5H2,1-2H3,(H,11,12)(H,13,14). The third-order valence-electron chi connectivity index (χ3n) is 2.07. The first-order valence-electron chi connectivity index (χ1n) is 5.07. The van der Waals surface area contributed by atoms with Crippen LogP contribution in [0.2, 0.25) is 0 Å². The Bertz CT molecular complexity index is 341. The summed E-state index contributed by atoms with van der Waals surface area (Å²) < 4.78 is 5.06. The molecule has 0 fully saturated rings. The molecule has 1 atom stereocenters. The van der Waals surface area contributed by atoms with Gasteiger partial charge in [0.25, 0.3) is 0 Å². The quantitative estimate of drug-likeness (QED) is 0.762. The molecule has 5 nitrogen and oxygen atoms in total. The van der Waals surface area contributed by atoms with E-state index in [1.54, 1.807) is 12.5 Å². The van der Waals surface area contributed by atoms with Gasteiger partial charge in [-0.3, -0.25) is 4.79 Å². The number of hydrogen-bond donors (Lipinski definition) is 2. The topological polar surface area (TPSA) is 71.5 Å². The highest BCUT2D eigenvalue weighted by Gasteiger charge is 2.10. The van der Waals surface area contributed by atoms with Crippen LogP contribution in [0.1, 0.15) is 19.0 Å². The van der Waals surface area contributed by atoms with E-state index >= 15 is 0 Å². The first-order valence-corrected chi connectivity index (χ1v) is 5.95. The predicted octanol–water partition coefficient (Wildman–Crippen LogP) is 1.61. The van der Waals surface area contributed by atoms with Crippen LogP contribution in [0.5, 0.6) is 0 Å². The molecule has 0 saturated carbocycles. The number of carboxylic acids is 1. The molecule has 6 heteroatoms. The summed E-state index contributed by atoms with van der Waals surface area (Å²) in [6.07, 6.45) is 0.904. The van der Waals surface area contributed by atoms with E-state index in [1.807, 2.05) is 0 Å². The zero-order chi connectivity index (χ0) is 12.0. The van der Waals surface area contributed by atoms with Crippen molar-refractivity contribution in [1.82, 2.24) is 4.98 Å². The molecule has 0 amide bonds. The summed E-state index contributed by atoms with van der Waals surface area (Å²) in [6, 6.07) is 0.217. The molecule has 2 N–H and O–H groups in total. The van der Waals surface area contributed by atoms with Crippen molar-refractivity contribution in [3.63, 3.8) is 0 Å². The number of nitrogens with one attached hydrogen (secondary N) is 1. The van der Waals surface area contributed by atoms with Gasteiger partial charge in [-0.2, -0.15) is 0 Å². The van der Waals surface area contributed by atoms with Crippen LogP contribution in [0.4, 0.5) is 5.13 Å². The Hall–Kier alpha value is -1.14. The average Bonchev–Trinajstić information content (AvgIpc) is 2.64. The van der Waals surface area contributed by atoms with Gasteiger partial charge >= 0.3 is 5.97 Å². The Balaban J connectivity index is 2.53. The van der Waals surface area contributed by atoms with Crippen LogP contribution in [-0.4, -0.2) is 35.8 Å². The number of aromatic nitrogens is 1. The van der Waals surface area contributed by atoms with Crippen LogP contribution in [-0.2, 0) is 16.0 Å². The lowest BCUT2D eigenvalue weighted by Gasteiger charge is -2.14. The van der Waals surface area contributed by atoms with Crippen molar-refractivity contribution in [3.05, 3.63) is 11.1 Å². The molecule has 0 aliphatic rings. The number of methoxy groups -OCH3 is 1. The van der Waals surface area contributed by atoms with E-state index in [1.165, 1.54) is 11.3 Å². The zero-order valence-electron chi connectivity index (χ0n) is 9.40. The largest absolute Gasteiger partial charge is 0.481 e. The minimum absolute atomic E-state index is 0.0285. The van der Waals surface area contributed by atoms with Gasteiger partial charge in [0.15, 0.2) is 5.13 Å². The molecule has 1 aromatic heterocycles. The van der Waals surface area contributed by atoms with Gasteiger partial charge in [-0.15, -0.1) is 11.3 Å². The molecule has 1 rings (SSSR count). The van der Waals surface area contributed by atoms with Crippen LogP contribution in [0.3, 0.4) is 0 Å². The fourth-order valence-corrected chi connectivity index (χ4v) is 2.04. The molecule has 0 spiro atoms. The molecule has 0 aliphatic carbocycles. The van der Waals surface area contributed by atoms with Gasteiger partial charge in [0, 0.05) is 12.5 Å². The SMILES string of the molecule is CCC(COC)Nc1nc(CC(=O)O)cs1. The molecule has 1 unspecified atom stereocenters. The van der Waals surface area contributed by atoms with Crippen molar-refractivity contribution < 1.29 is 14.6 Å². The van der Waals surface area contributed by atoms with Gasteiger partial charge < -0.3 is 15.2 Å². The number of hydrogen-bond acceptors (Lipinski definition) is 5.